The van der Waals surface area contributed by atoms with Crippen molar-refractivity contribution >= 4 is 34.6 Å². The number of benzene rings is 2. The predicted octanol–water partition coefficient (Wildman–Crippen LogP) is 5.91. The van der Waals surface area contributed by atoms with Crippen LogP contribution in [0, 0.1) is 5.92 Å². The zero-order valence-electron chi connectivity index (χ0n) is 14.2. The van der Waals surface area contributed by atoms with Crippen LogP contribution < -0.4 is 10.6 Å². The van der Waals surface area contributed by atoms with Gasteiger partial charge in [-0.2, -0.15) is 13.2 Å². The van der Waals surface area contributed by atoms with E-state index < -0.39 is 11.7 Å². The van der Waals surface area contributed by atoms with Crippen LogP contribution in [0.1, 0.15) is 24.5 Å². The average molecular weight is 401 g/mol. The zero-order chi connectivity index (χ0) is 19.2. The van der Waals surface area contributed by atoms with Gasteiger partial charge in [0.05, 0.1) is 10.6 Å². The molecule has 2 N–H and O–H groups in total. The van der Waals surface area contributed by atoms with E-state index >= 15 is 0 Å². The third-order valence-electron chi connectivity index (χ3n) is 4.03. The summed E-state index contributed by atoms with van der Waals surface area (Å²) in [4.78, 5) is 0. The van der Waals surface area contributed by atoms with E-state index in [2.05, 4.69) is 29.7 Å². The van der Waals surface area contributed by atoms with Gasteiger partial charge in [-0.1, -0.05) is 55.3 Å². The molecule has 140 valence electrons. The molecule has 2 aromatic rings. The topological polar surface area (TPSA) is 24.1 Å². The summed E-state index contributed by atoms with van der Waals surface area (Å²) in [6.07, 6.45) is -2.64. The summed E-state index contributed by atoms with van der Waals surface area (Å²) >= 11 is 10.8. The van der Waals surface area contributed by atoms with Gasteiger partial charge in [0, 0.05) is 12.2 Å². The van der Waals surface area contributed by atoms with E-state index in [1.165, 1.54) is 17.7 Å². The van der Waals surface area contributed by atoms with Crippen molar-refractivity contribution in [1.82, 2.24) is 5.32 Å². The molecule has 0 aliphatic carbocycles. The quantitative estimate of drug-likeness (QED) is 0.589. The SMILES string of the molecule is CC[C@H](CNC(=S)Nc1ccc(Cl)c(C(F)(F)F)c1)Cc1ccccc1. The van der Waals surface area contributed by atoms with Crippen LogP contribution in [0.4, 0.5) is 18.9 Å². The molecule has 0 aromatic heterocycles. The maximum Gasteiger partial charge on any atom is 0.417 e. The average Bonchev–Trinajstić information content (AvgIpc) is 2.60. The first kappa shape index (κ1) is 20.5. The van der Waals surface area contributed by atoms with Gasteiger partial charge in [-0.25, -0.2) is 0 Å². The molecule has 0 radical (unpaired) electrons. The second-order valence-electron chi connectivity index (χ2n) is 5.99. The third kappa shape index (κ3) is 6.18. The summed E-state index contributed by atoms with van der Waals surface area (Å²) in [6, 6.07) is 13.8. The summed E-state index contributed by atoms with van der Waals surface area (Å²) < 4.78 is 38.7. The summed E-state index contributed by atoms with van der Waals surface area (Å²) in [6.45, 7) is 2.73. The number of halogens is 4. The molecule has 2 aromatic carbocycles. The normalized spacial score (nSPS) is 12.5. The molecular formula is C19H20ClF3N2S. The van der Waals surface area contributed by atoms with Crippen LogP contribution in [0.5, 0.6) is 0 Å². The molecule has 26 heavy (non-hydrogen) atoms. The fourth-order valence-corrected chi connectivity index (χ4v) is 2.97. The molecule has 0 spiro atoms. The minimum Gasteiger partial charge on any atom is -0.362 e. The molecule has 0 fully saturated rings. The van der Waals surface area contributed by atoms with E-state index in [1.54, 1.807) is 0 Å². The van der Waals surface area contributed by atoms with Gasteiger partial charge >= 0.3 is 6.18 Å². The molecule has 7 heteroatoms. The lowest BCUT2D eigenvalue weighted by Crippen LogP contribution is -2.33. The Kier molecular flexibility index (Phi) is 7.29. The van der Waals surface area contributed by atoms with Crippen molar-refractivity contribution in [3.05, 3.63) is 64.7 Å². The van der Waals surface area contributed by atoms with E-state index in [0.717, 1.165) is 18.9 Å². The highest BCUT2D eigenvalue weighted by Gasteiger charge is 2.33. The lowest BCUT2D eigenvalue weighted by Gasteiger charge is -2.18. The maximum atomic E-state index is 12.9. The molecule has 2 rings (SSSR count). The van der Waals surface area contributed by atoms with Gasteiger partial charge in [0.1, 0.15) is 0 Å². The van der Waals surface area contributed by atoms with Crippen LogP contribution in [0.15, 0.2) is 48.5 Å². The number of hydrogen-bond donors (Lipinski definition) is 2. The van der Waals surface area contributed by atoms with Crippen molar-refractivity contribution in [3.63, 3.8) is 0 Å². The Morgan fingerprint density at radius 2 is 1.85 bits per heavy atom. The van der Waals surface area contributed by atoms with Crippen molar-refractivity contribution in [2.45, 2.75) is 25.9 Å². The standard InChI is InChI=1S/C19H20ClF3N2S/c1-2-13(10-14-6-4-3-5-7-14)12-24-18(26)25-15-8-9-17(20)16(11-15)19(21,22)23/h3-9,11,13H,2,10,12H2,1H3,(H2,24,25,26)/t13-/m0/s1. The van der Waals surface area contributed by atoms with Gasteiger partial charge in [-0.05, 0) is 48.3 Å². The Balaban J connectivity index is 1.92. The van der Waals surface area contributed by atoms with Gasteiger partial charge in [-0.15, -0.1) is 0 Å². The lowest BCUT2D eigenvalue weighted by atomic mass is 9.97. The Hall–Kier alpha value is -1.79. The highest BCUT2D eigenvalue weighted by molar-refractivity contribution is 7.80. The Morgan fingerprint density at radius 1 is 1.15 bits per heavy atom. The van der Waals surface area contributed by atoms with E-state index in [1.807, 2.05) is 18.2 Å². The van der Waals surface area contributed by atoms with Crippen LogP contribution in [-0.4, -0.2) is 11.7 Å². The van der Waals surface area contributed by atoms with Crippen LogP contribution in [0.25, 0.3) is 0 Å². The number of anilines is 1. The van der Waals surface area contributed by atoms with E-state index in [0.29, 0.717) is 12.5 Å². The first-order chi connectivity index (χ1) is 12.3. The van der Waals surface area contributed by atoms with Gasteiger partial charge < -0.3 is 10.6 Å². The molecule has 0 amide bonds. The number of rotatable bonds is 6. The van der Waals surface area contributed by atoms with Gasteiger partial charge in [-0.3, -0.25) is 0 Å². The summed E-state index contributed by atoms with van der Waals surface area (Å²) in [5.74, 6) is 0.369. The van der Waals surface area contributed by atoms with Crippen LogP contribution in [0.2, 0.25) is 5.02 Å². The summed E-state index contributed by atoms with van der Waals surface area (Å²) in [7, 11) is 0. The van der Waals surface area contributed by atoms with Gasteiger partial charge in [0.2, 0.25) is 0 Å². The van der Waals surface area contributed by atoms with Crippen molar-refractivity contribution in [1.29, 1.82) is 0 Å². The smallest absolute Gasteiger partial charge is 0.362 e. The van der Waals surface area contributed by atoms with E-state index in [9.17, 15) is 13.2 Å². The predicted molar refractivity (Wildman–Crippen MR) is 105 cm³/mol. The van der Waals surface area contributed by atoms with Crippen LogP contribution in [0.3, 0.4) is 0 Å². The lowest BCUT2D eigenvalue weighted by molar-refractivity contribution is -0.137. The highest BCUT2D eigenvalue weighted by Crippen LogP contribution is 2.36. The first-order valence-corrected chi connectivity index (χ1v) is 9.03. The number of thiocarbonyl (C=S) groups is 1. The third-order valence-corrected chi connectivity index (χ3v) is 4.60. The molecule has 0 saturated carbocycles. The molecule has 0 aliphatic heterocycles. The Morgan fingerprint density at radius 3 is 2.46 bits per heavy atom. The van der Waals surface area contributed by atoms with Gasteiger partial charge in [0.25, 0.3) is 0 Å². The molecule has 0 unspecified atom stereocenters. The minimum absolute atomic E-state index is 0.246. The fraction of sp³-hybridized carbons (Fsp3) is 0.316. The molecular weight excluding hydrogens is 381 g/mol. The summed E-state index contributed by atoms with van der Waals surface area (Å²) in [5, 5.41) is 5.81. The molecule has 0 saturated heterocycles. The molecule has 2 nitrogen and oxygen atoms in total. The Labute approximate surface area is 161 Å². The minimum atomic E-state index is -4.51. The molecule has 0 aliphatic rings. The van der Waals surface area contributed by atoms with Crippen molar-refractivity contribution < 1.29 is 13.2 Å². The van der Waals surface area contributed by atoms with E-state index in [4.69, 9.17) is 23.8 Å². The maximum absolute atomic E-state index is 12.9. The van der Waals surface area contributed by atoms with Crippen LogP contribution >= 0.6 is 23.8 Å². The van der Waals surface area contributed by atoms with Gasteiger partial charge in [0.15, 0.2) is 5.11 Å². The number of hydrogen-bond acceptors (Lipinski definition) is 1. The molecule has 1 atom stereocenters. The van der Waals surface area contributed by atoms with Crippen molar-refractivity contribution in [2.75, 3.05) is 11.9 Å². The van der Waals surface area contributed by atoms with Crippen molar-refractivity contribution in [2.24, 2.45) is 5.92 Å². The number of alkyl halides is 3. The van der Waals surface area contributed by atoms with E-state index in [-0.39, 0.29) is 15.8 Å². The second kappa shape index (κ2) is 9.24. The summed E-state index contributed by atoms with van der Waals surface area (Å²) in [5.41, 5.74) is 0.602. The first-order valence-electron chi connectivity index (χ1n) is 8.25. The fourth-order valence-electron chi connectivity index (χ4n) is 2.54. The number of nitrogens with one attached hydrogen (secondary N) is 2. The second-order valence-corrected chi connectivity index (χ2v) is 6.81. The molecule has 0 heterocycles. The highest BCUT2D eigenvalue weighted by atomic mass is 35.5. The zero-order valence-corrected chi connectivity index (χ0v) is 15.8. The molecule has 0 bridgehead atoms. The van der Waals surface area contributed by atoms with Crippen LogP contribution in [-0.2, 0) is 12.6 Å². The monoisotopic (exact) mass is 400 g/mol. The largest absolute Gasteiger partial charge is 0.417 e. The Bertz CT molecular complexity index is 735. The van der Waals surface area contributed by atoms with Crippen molar-refractivity contribution in [3.8, 4) is 0 Å².